The number of aliphatic carboxylic acids is 1. The van der Waals surface area contributed by atoms with Gasteiger partial charge in [-0.3, -0.25) is 4.79 Å². The van der Waals surface area contributed by atoms with Gasteiger partial charge in [0.05, 0.1) is 26.6 Å². The average Bonchev–Trinajstić information content (AvgIpc) is 3.24. The van der Waals surface area contributed by atoms with Crippen LogP contribution in [-0.4, -0.2) is 56.6 Å². The van der Waals surface area contributed by atoms with E-state index in [1.165, 1.54) is 17.8 Å². The Labute approximate surface area is 205 Å². The van der Waals surface area contributed by atoms with E-state index in [1.807, 2.05) is 12.3 Å². The number of thioether (sulfide) groups is 1. The van der Waals surface area contributed by atoms with Crippen LogP contribution in [0.3, 0.4) is 0 Å². The molecule has 6 nitrogen and oxygen atoms in total. The molecule has 0 bridgehead atoms. The van der Waals surface area contributed by atoms with Gasteiger partial charge in [-0.15, -0.1) is 11.8 Å². The lowest BCUT2D eigenvalue weighted by Gasteiger charge is -2.33. The zero-order chi connectivity index (χ0) is 25.3. The maximum Gasteiger partial charge on any atom is 0.312 e. The van der Waals surface area contributed by atoms with E-state index in [1.54, 1.807) is 13.8 Å². The fourth-order valence-electron chi connectivity index (χ4n) is 4.62. The molecule has 1 aromatic carbocycles. The number of rotatable bonds is 9. The lowest BCUT2D eigenvalue weighted by atomic mass is 9.95. The average molecular weight is 520 g/mol. The van der Waals surface area contributed by atoms with Gasteiger partial charge in [0.15, 0.2) is 9.84 Å². The van der Waals surface area contributed by atoms with Crippen molar-refractivity contribution in [1.29, 1.82) is 0 Å². The van der Waals surface area contributed by atoms with Crippen LogP contribution in [0.4, 0.5) is 14.5 Å². The molecule has 1 atom stereocenters. The van der Waals surface area contributed by atoms with Crippen molar-refractivity contribution in [3.8, 4) is 5.75 Å². The molecule has 1 fully saturated rings. The maximum absolute atomic E-state index is 13.6. The molecule has 0 amide bonds. The number of anilines is 1. The summed E-state index contributed by atoms with van der Waals surface area (Å²) in [7, 11) is -3.77. The number of hydrogen-bond donors (Lipinski definition) is 1. The highest BCUT2D eigenvalue weighted by atomic mass is 32.2. The minimum absolute atomic E-state index is 0.116. The number of carbonyl (C=O) groups is 1. The highest BCUT2D eigenvalue weighted by Gasteiger charge is 2.38. The molecule has 0 radical (unpaired) electrons. The molecule has 34 heavy (non-hydrogen) atoms. The Morgan fingerprint density at radius 1 is 1.24 bits per heavy atom. The van der Waals surface area contributed by atoms with E-state index in [-0.39, 0.29) is 36.1 Å². The predicted molar refractivity (Wildman–Crippen MR) is 130 cm³/mol. The van der Waals surface area contributed by atoms with E-state index < -0.39 is 33.1 Å². The summed E-state index contributed by atoms with van der Waals surface area (Å²) < 4.78 is 60.0. The van der Waals surface area contributed by atoms with Crippen LogP contribution >= 0.6 is 11.8 Å². The fourth-order valence-corrected chi connectivity index (χ4v) is 7.02. The Kier molecular flexibility index (Phi) is 8.12. The Hall–Kier alpha value is -1.55. The van der Waals surface area contributed by atoms with E-state index in [0.29, 0.717) is 18.0 Å². The summed E-state index contributed by atoms with van der Waals surface area (Å²) in [6.45, 7) is 4.27. The van der Waals surface area contributed by atoms with Gasteiger partial charge in [-0.1, -0.05) is 12.8 Å². The van der Waals surface area contributed by atoms with Crippen LogP contribution in [-0.2, 0) is 14.6 Å². The first-order valence-electron chi connectivity index (χ1n) is 11.7. The smallest absolute Gasteiger partial charge is 0.312 e. The van der Waals surface area contributed by atoms with Gasteiger partial charge in [0.2, 0.25) is 5.92 Å². The highest BCUT2D eigenvalue weighted by Crippen LogP contribution is 2.43. The van der Waals surface area contributed by atoms with Gasteiger partial charge in [0, 0.05) is 25.1 Å². The lowest BCUT2D eigenvalue weighted by molar-refractivity contribution is -0.148. The Morgan fingerprint density at radius 3 is 2.44 bits per heavy atom. The second-order valence-corrected chi connectivity index (χ2v) is 13.1. The van der Waals surface area contributed by atoms with E-state index in [4.69, 9.17) is 4.74 Å². The number of carboxylic acids is 1. The van der Waals surface area contributed by atoms with Gasteiger partial charge in [-0.2, -0.15) is 0 Å². The van der Waals surface area contributed by atoms with Gasteiger partial charge >= 0.3 is 5.97 Å². The Morgan fingerprint density at radius 2 is 1.88 bits per heavy atom. The molecule has 1 aliphatic heterocycles. The first-order valence-corrected chi connectivity index (χ1v) is 14.6. The second-order valence-electron chi connectivity index (χ2n) is 10.3. The number of nitrogens with zero attached hydrogens (tertiary/aromatic N) is 1. The molecule has 3 rings (SSSR count). The number of hydrogen-bond acceptors (Lipinski definition) is 6. The van der Waals surface area contributed by atoms with Crippen LogP contribution in [0.5, 0.6) is 5.75 Å². The van der Waals surface area contributed by atoms with Crippen molar-refractivity contribution in [2.24, 2.45) is 11.3 Å². The molecular weight excluding hydrogens is 484 g/mol. The molecule has 1 aliphatic carbocycles. The van der Waals surface area contributed by atoms with Gasteiger partial charge < -0.3 is 14.7 Å². The third-order valence-corrected chi connectivity index (χ3v) is 9.39. The third-order valence-electron chi connectivity index (χ3n) is 6.72. The van der Waals surface area contributed by atoms with Gasteiger partial charge in [-0.25, -0.2) is 17.2 Å². The van der Waals surface area contributed by atoms with Crippen LogP contribution in [0, 0.1) is 11.3 Å². The molecule has 1 heterocycles. The number of halogens is 2. The van der Waals surface area contributed by atoms with Crippen molar-refractivity contribution in [2.75, 3.05) is 30.1 Å². The van der Waals surface area contributed by atoms with Crippen molar-refractivity contribution in [3.63, 3.8) is 0 Å². The number of sulfone groups is 1. The minimum atomic E-state index is -3.77. The largest absolute Gasteiger partial charge is 0.491 e. The minimum Gasteiger partial charge on any atom is -0.491 e. The topological polar surface area (TPSA) is 83.9 Å². The molecule has 10 heteroatoms. The van der Waals surface area contributed by atoms with Crippen LogP contribution in [0.2, 0.25) is 0 Å². The SMILES string of the molecule is CSc1cc2c(cc1OCC(C)(C)C(=O)O)S(=O)(=O)C[C@H](CCC(C)(F)F)CN2C1CCCC1. The zero-order valence-corrected chi connectivity index (χ0v) is 21.9. The first-order chi connectivity index (χ1) is 15.7. The summed E-state index contributed by atoms with van der Waals surface area (Å²) in [5, 5.41) is 9.41. The van der Waals surface area contributed by atoms with Crippen LogP contribution in [0.15, 0.2) is 21.9 Å². The van der Waals surface area contributed by atoms with Crippen molar-refractivity contribution in [1.82, 2.24) is 0 Å². The molecule has 1 saturated carbocycles. The highest BCUT2D eigenvalue weighted by molar-refractivity contribution is 7.98. The summed E-state index contributed by atoms with van der Waals surface area (Å²) in [4.78, 5) is 14.5. The number of alkyl halides is 2. The van der Waals surface area contributed by atoms with Gasteiger partial charge in [-0.05, 0) is 58.3 Å². The van der Waals surface area contributed by atoms with Crippen LogP contribution in [0.1, 0.15) is 59.3 Å². The van der Waals surface area contributed by atoms with Crippen molar-refractivity contribution < 1.29 is 31.8 Å². The van der Waals surface area contributed by atoms with Crippen LogP contribution < -0.4 is 9.64 Å². The molecule has 192 valence electrons. The molecule has 1 N–H and O–H groups in total. The maximum atomic E-state index is 13.6. The standard InChI is InChI=1S/C24H35F2NO5S2/c1-23(2,22(28)29)15-32-19-12-21-18(11-20(19)33-4)27(17-7-5-6-8-17)13-16(14-34(21,30)31)9-10-24(3,25)26/h11-12,16-17H,5-10,13-15H2,1-4H3,(H,28,29)/t16-/m1/s1. The number of ether oxygens (including phenoxy) is 1. The number of benzene rings is 1. The predicted octanol–water partition coefficient (Wildman–Crippen LogP) is 5.49. The second kappa shape index (κ2) is 10.2. The molecule has 0 aromatic heterocycles. The first kappa shape index (κ1) is 27.0. The van der Waals surface area contributed by atoms with Crippen LogP contribution in [0.25, 0.3) is 0 Å². The van der Waals surface area contributed by atoms with Gasteiger partial charge in [0.1, 0.15) is 12.4 Å². The van der Waals surface area contributed by atoms with E-state index in [0.717, 1.165) is 37.5 Å². The number of carboxylic acid groups (broad SMARTS) is 1. The van der Waals surface area contributed by atoms with Gasteiger partial charge in [0.25, 0.3) is 0 Å². The Balaban J connectivity index is 2.03. The number of fused-ring (bicyclic) bond motifs is 1. The van der Waals surface area contributed by atoms with E-state index >= 15 is 0 Å². The molecule has 0 spiro atoms. The summed E-state index contributed by atoms with van der Waals surface area (Å²) in [5.41, 5.74) is -0.542. The summed E-state index contributed by atoms with van der Waals surface area (Å²) >= 11 is 1.40. The van der Waals surface area contributed by atoms with E-state index in [9.17, 15) is 27.1 Å². The Bertz CT molecular complexity index is 1000. The molecule has 0 saturated heterocycles. The van der Waals surface area contributed by atoms with Crippen molar-refractivity contribution in [2.45, 2.75) is 81.1 Å². The molecule has 1 aromatic rings. The molecular formula is C24H35F2NO5S2. The quantitative estimate of drug-likeness (QED) is 0.432. The normalized spacial score (nSPS) is 21.2. The van der Waals surface area contributed by atoms with Crippen molar-refractivity contribution >= 4 is 33.3 Å². The molecule has 0 unspecified atom stereocenters. The summed E-state index contributed by atoms with van der Waals surface area (Å²) in [5.74, 6) is -4.13. The third kappa shape index (κ3) is 6.36. The van der Waals surface area contributed by atoms with Crippen molar-refractivity contribution in [3.05, 3.63) is 12.1 Å². The summed E-state index contributed by atoms with van der Waals surface area (Å²) in [6.07, 6.45) is 5.63. The molecule has 2 aliphatic rings. The lowest BCUT2D eigenvalue weighted by Crippen LogP contribution is -2.37. The van der Waals surface area contributed by atoms with E-state index in [2.05, 4.69) is 4.90 Å². The summed E-state index contributed by atoms with van der Waals surface area (Å²) in [6, 6.07) is 3.49. The zero-order valence-electron chi connectivity index (χ0n) is 20.3. The monoisotopic (exact) mass is 519 g/mol. The fraction of sp³-hybridized carbons (Fsp3) is 0.708.